The summed E-state index contributed by atoms with van der Waals surface area (Å²) >= 11 is 3.40. The van der Waals surface area contributed by atoms with Crippen LogP contribution in [0.25, 0.3) is 11.0 Å². The van der Waals surface area contributed by atoms with Crippen molar-refractivity contribution in [1.29, 1.82) is 5.26 Å². The largest absolute Gasteiger partial charge is 0.507 e. The number of aryl methyl sites for hydroxylation is 1. The Morgan fingerprint density at radius 2 is 1.97 bits per heavy atom. The van der Waals surface area contributed by atoms with Crippen LogP contribution in [0.4, 0.5) is 5.69 Å². The summed E-state index contributed by atoms with van der Waals surface area (Å²) in [6.07, 6.45) is 0. The van der Waals surface area contributed by atoms with Gasteiger partial charge in [-0.05, 0) is 34.1 Å². The molecule has 160 valence electrons. The number of phenolic OH excluding ortho intramolecular Hbond substituents is 1. The molecule has 4 rings (SSSR count). The van der Waals surface area contributed by atoms with Gasteiger partial charge in [-0.15, -0.1) is 0 Å². The van der Waals surface area contributed by atoms with Crippen LogP contribution >= 0.6 is 15.9 Å². The van der Waals surface area contributed by atoms with Gasteiger partial charge in [0.15, 0.2) is 0 Å². The Kier molecular flexibility index (Phi) is 5.85. The second kappa shape index (κ2) is 8.57. The average molecular weight is 484 g/mol. The van der Waals surface area contributed by atoms with Gasteiger partial charge in [0.05, 0.1) is 18.3 Å². The fourth-order valence-corrected chi connectivity index (χ4v) is 4.26. The molecule has 0 amide bonds. The van der Waals surface area contributed by atoms with E-state index in [4.69, 9.17) is 4.74 Å². The Morgan fingerprint density at radius 3 is 2.61 bits per heavy atom. The third-order valence-corrected chi connectivity index (χ3v) is 6.11. The molecule has 1 N–H and O–H groups in total. The third-order valence-electron chi connectivity index (χ3n) is 5.67. The summed E-state index contributed by atoms with van der Waals surface area (Å²) in [5.74, 6) is 0.825. The number of aromatic nitrogens is 2. The standard InChI is InChI=1S/C22H22BrN5O3/c1-26-17-5-6-19(23)25-20(17)21(16(12-24)22(26)30)28-9-7-27(8-10-28)13-14-3-4-15(31-2)11-18(14)29/h3-6,11,29H,7-10,13H2,1-2H3. The lowest BCUT2D eigenvalue weighted by Crippen LogP contribution is -2.47. The van der Waals surface area contributed by atoms with E-state index in [1.807, 2.05) is 18.2 Å². The van der Waals surface area contributed by atoms with Crippen LogP contribution in [0.3, 0.4) is 0 Å². The Hall–Kier alpha value is -3.09. The number of hydrogen-bond donors (Lipinski definition) is 1. The molecule has 2 aromatic heterocycles. The van der Waals surface area contributed by atoms with Crippen molar-refractivity contribution in [2.75, 3.05) is 38.2 Å². The lowest BCUT2D eigenvalue weighted by Gasteiger charge is -2.36. The number of nitrogens with zero attached hydrogens (tertiary/aromatic N) is 5. The highest BCUT2D eigenvalue weighted by Crippen LogP contribution is 2.30. The van der Waals surface area contributed by atoms with Gasteiger partial charge in [0, 0.05) is 51.4 Å². The van der Waals surface area contributed by atoms with Gasteiger partial charge in [-0.25, -0.2) is 4.98 Å². The number of aromatic hydroxyl groups is 1. The topological polar surface area (TPSA) is 94.6 Å². The first-order valence-electron chi connectivity index (χ1n) is 9.85. The predicted molar refractivity (Wildman–Crippen MR) is 122 cm³/mol. The molecule has 3 aromatic rings. The summed E-state index contributed by atoms with van der Waals surface area (Å²) in [4.78, 5) is 21.7. The maximum atomic E-state index is 12.8. The monoisotopic (exact) mass is 483 g/mol. The Bertz CT molecular complexity index is 1240. The molecule has 0 atom stereocenters. The first kappa shape index (κ1) is 21.2. The molecule has 8 nitrogen and oxygen atoms in total. The summed E-state index contributed by atoms with van der Waals surface area (Å²) in [6.45, 7) is 3.34. The maximum Gasteiger partial charge on any atom is 0.270 e. The van der Waals surface area contributed by atoms with Crippen molar-refractivity contribution in [3.63, 3.8) is 0 Å². The predicted octanol–water partition coefficient (Wildman–Crippen LogP) is 2.60. The summed E-state index contributed by atoms with van der Waals surface area (Å²) in [5, 5.41) is 20.0. The molecule has 0 radical (unpaired) electrons. The van der Waals surface area contributed by atoms with Crippen LogP contribution in [0.1, 0.15) is 11.1 Å². The minimum atomic E-state index is -0.320. The Labute approximate surface area is 188 Å². The van der Waals surface area contributed by atoms with Gasteiger partial charge < -0.3 is 19.3 Å². The van der Waals surface area contributed by atoms with E-state index in [0.717, 1.165) is 18.7 Å². The van der Waals surface area contributed by atoms with Crippen molar-refractivity contribution in [3.8, 4) is 17.6 Å². The molecule has 0 saturated carbocycles. The number of rotatable bonds is 4. The Morgan fingerprint density at radius 1 is 1.23 bits per heavy atom. The second-order valence-electron chi connectivity index (χ2n) is 7.46. The normalized spacial score (nSPS) is 14.6. The van der Waals surface area contributed by atoms with Crippen LogP contribution in [0.2, 0.25) is 0 Å². The summed E-state index contributed by atoms with van der Waals surface area (Å²) in [5.41, 5.74) is 2.54. The van der Waals surface area contributed by atoms with Gasteiger partial charge >= 0.3 is 0 Å². The molecular weight excluding hydrogens is 462 g/mol. The summed E-state index contributed by atoms with van der Waals surface area (Å²) in [7, 11) is 3.22. The number of pyridine rings is 2. The number of halogens is 1. The number of methoxy groups -OCH3 is 1. The van der Waals surface area contributed by atoms with E-state index < -0.39 is 0 Å². The van der Waals surface area contributed by atoms with Gasteiger partial charge in [-0.2, -0.15) is 5.26 Å². The molecule has 0 aliphatic carbocycles. The molecule has 1 aliphatic heterocycles. The number of benzene rings is 1. The zero-order valence-electron chi connectivity index (χ0n) is 17.3. The number of piperazine rings is 1. The van der Waals surface area contributed by atoms with Crippen LogP contribution in [-0.4, -0.2) is 52.8 Å². The molecule has 0 unspecified atom stereocenters. The first-order chi connectivity index (χ1) is 14.9. The van der Waals surface area contributed by atoms with Crippen molar-refractivity contribution in [1.82, 2.24) is 14.5 Å². The van der Waals surface area contributed by atoms with Crippen LogP contribution < -0.4 is 15.2 Å². The quantitative estimate of drug-likeness (QED) is 0.569. The average Bonchev–Trinajstić information content (AvgIpc) is 2.78. The van der Waals surface area contributed by atoms with E-state index in [-0.39, 0.29) is 16.9 Å². The van der Waals surface area contributed by atoms with E-state index in [9.17, 15) is 15.2 Å². The number of anilines is 1. The smallest absolute Gasteiger partial charge is 0.270 e. The highest BCUT2D eigenvalue weighted by atomic mass is 79.9. The van der Waals surface area contributed by atoms with Gasteiger partial charge in [0.1, 0.15) is 33.3 Å². The Balaban J connectivity index is 1.61. The number of ether oxygens (including phenoxy) is 1. The van der Waals surface area contributed by atoms with Gasteiger partial charge in [-0.3, -0.25) is 9.69 Å². The summed E-state index contributed by atoms with van der Waals surface area (Å²) in [6, 6.07) is 11.0. The number of nitriles is 1. The van der Waals surface area contributed by atoms with Crippen LogP contribution in [-0.2, 0) is 13.6 Å². The molecule has 3 heterocycles. The minimum Gasteiger partial charge on any atom is -0.507 e. The van der Waals surface area contributed by atoms with Crippen molar-refractivity contribution >= 4 is 32.7 Å². The highest BCUT2D eigenvalue weighted by molar-refractivity contribution is 9.10. The molecule has 9 heteroatoms. The van der Waals surface area contributed by atoms with Crippen LogP contribution in [0.5, 0.6) is 11.5 Å². The zero-order valence-corrected chi connectivity index (χ0v) is 18.9. The molecule has 0 bridgehead atoms. The lowest BCUT2D eigenvalue weighted by atomic mass is 10.1. The number of phenols is 1. The molecule has 0 spiro atoms. The molecule has 1 fully saturated rings. The molecule has 1 aliphatic rings. The van der Waals surface area contributed by atoms with Crippen LogP contribution in [0.15, 0.2) is 39.7 Å². The van der Waals surface area contributed by atoms with E-state index in [1.54, 1.807) is 26.3 Å². The maximum absolute atomic E-state index is 12.8. The SMILES string of the molecule is COc1ccc(CN2CCN(c3c(C#N)c(=O)n(C)c4ccc(Br)nc34)CC2)c(O)c1. The first-order valence-corrected chi connectivity index (χ1v) is 10.6. The van der Waals surface area contributed by atoms with E-state index in [1.165, 1.54) is 4.57 Å². The van der Waals surface area contributed by atoms with Crippen LogP contribution in [0, 0.1) is 11.3 Å². The molecule has 31 heavy (non-hydrogen) atoms. The summed E-state index contributed by atoms with van der Waals surface area (Å²) < 4.78 is 7.27. The second-order valence-corrected chi connectivity index (χ2v) is 8.27. The van der Waals surface area contributed by atoms with Crippen molar-refractivity contribution in [2.45, 2.75) is 6.54 Å². The number of hydrogen-bond acceptors (Lipinski definition) is 7. The molecule has 1 aromatic carbocycles. The fraction of sp³-hybridized carbons (Fsp3) is 0.318. The zero-order chi connectivity index (χ0) is 22.1. The van der Waals surface area contributed by atoms with Crippen molar-refractivity contribution in [3.05, 3.63) is 56.4 Å². The molecule has 1 saturated heterocycles. The third kappa shape index (κ3) is 3.96. The van der Waals surface area contributed by atoms with E-state index in [2.05, 4.69) is 36.8 Å². The fourth-order valence-electron chi connectivity index (χ4n) is 3.95. The number of fused-ring (bicyclic) bond motifs is 1. The van der Waals surface area contributed by atoms with Gasteiger partial charge in [0.2, 0.25) is 0 Å². The van der Waals surface area contributed by atoms with Crippen molar-refractivity contribution < 1.29 is 9.84 Å². The minimum absolute atomic E-state index is 0.113. The lowest BCUT2D eigenvalue weighted by molar-refractivity contribution is 0.246. The highest BCUT2D eigenvalue weighted by Gasteiger charge is 2.25. The van der Waals surface area contributed by atoms with Crippen molar-refractivity contribution in [2.24, 2.45) is 7.05 Å². The molecular formula is C22H22BrN5O3. The van der Waals surface area contributed by atoms with E-state index in [0.29, 0.717) is 46.7 Å². The van der Waals surface area contributed by atoms with E-state index >= 15 is 0 Å². The van der Waals surface area contributed by atoms with Gasteiger partial charge in [0.25, 0.3) is 5.56 Å². The van der Waals surface area contributed by atoms with Gasteiger partial charge in [-0.1, -0.05) is 6.07 Å².